The van der Waals surface area contributed by atoms with Crippen molar-refractivity contribution in [3.8, 4) is 11.5 Å². The average molecular weight is 254 g/mol. The van der Waals surface area contributed by atoms with E-state index in [0.29, 0.717) is 16.7 Å². The van der Waals surface area contributed by atoms with E-state index in [2.05, 4.69) is 18.3 Å². The van der Waals surface area contributed by atoms with Gasteiger partial charge in [0.15, 0.2) is 11.5 Å². The van der Waals surface area contributed by atoms with Crippen LogP contribution in [0.25, 0.3) is 0 Å². The second-order valence-corrected chi connectivity index (χ2v) is 5.07. The molecule has 4 heteroatoms. The van der Waals surface area contributed by atoms with Crippen LogP contribution in [0.4, 0.5) is 0 Å². The number of ether oxygens (including phenoxy) is 2. The van der Waals surface area contributed by atoms with Crippen LogP contribution in [-0.4, -0.2) is 19.9 Å². The molecule has 1 N–H and O–H groups in total. The summed E-state index contributed by atoms with van der Waals surface area (Å²) in [6.07, 6.45) is 2.33. The third-order valence-corrected chi connectivity index (χ3v) is 3.95. The Morgan fingerprint density at radius 1 is 1.24 bits per heavy atom. The van der Waals surface area contributed by atoms with Gasteiger partial charge in [0.1, 0.15) is 0 Å². The lowest BCUT2D eigenvalue weighted by molar-refractivity contribution is 0.173. The third kappa shape index (κ3) is 1.87. The van der Waals surface area contributed by atoms with Crippen molar-refractivity contribution >= 4 is 11.6 Å². The minimum absolute atomic E-state index is 0.283. The molecule has 0 saturated carbocycles. The minimum Gasteiger partial charge on any atom is -0.453 e. The van der Waals surface area contributed by atoms with Crippen LogP contribution in [0.2, 0.25) is 5.02 Å². The van der Waals surface area contributed by atoms with E-state index < -0.39 is 0 Å². The van der Waals surface area contributed by atoms with E-state index in [1.54, 1.807) is 0 Å². The van der Waals surface area contributed by atoms with Crippen LogP contribution in [0.1, 0.15) is 29.9 Å². The molecule has 3 rings (SSSR count). The van der Waals surface area contributed by atoms with Crippen LogP contribution in [0.5, 0.6) is 11.5 Å². The maximum atomic E-state index is 6.25. The number of nitrogens with one attached hydrogen (secondary N) is 1. The lowest BCUT2D eigenvalue weighted by Gasteiger charge is -2.25. The van der Waals surface area contributed by atoms with Gasteiger partial charge in [-0.25, -0.2) is 0 Å². The highest BCUT2D eigenvalue weighted by Gasteiger charge is 2.26. The zero-order valence-corrected chi connectivity index (χ0v) is 10.6. The van der Waals surface area contributed by atoms with Gasteiger partial charge < -0.3 is 14.8 Å². The van der Waals surface area contributed by atoms with Crippen molar-refractivity contribution in [2.45, 2.75) is 25.7 Å². The third-order valence-electron chi connectivity index (χ3n) is 3.66. The van der Waals surface area contributed by atoms with Gasteiger partial charge in [-0.2, -0.15) is 0 Å². The van der Waals surface area contributed by atoms with Crippen LogP contribution in [-0.2, 0) is 0 Å². The molecule has 0 atom stereocenters. The van der Waals surface area contributed by atoms with Gasteiger partial charge in [-0.3, -0.25) is 0 Å². The Hall–Kier alpha value is -0.930. The van der Waals surface area contributed by atoms with Crippen molar-refractivity contribution in [1.29, 1.82) is 0 Å². The molecule has 1 aromatic carbocycles. The van der Waals surface area contributed by atoms with Crippen molar-refractivity contribution in [3.05, 3.63) is 22.2 Å². The molecule has 92 valence electrons. The van der Waals surface area contributed by atoms with E-state index in [9.17, 15) is 0 Å². The summed E-state index contributed by atoms with van der Waals surface area (Å²) in [6.45, 7) is 4.54. The molecule has 0 aromatic heterocycles. The number of fused-ring (bicyclic) bond motifs is 1. The first-order valence-corrected chi connectivity index (χ1v) is 6.44. The van der Waals surface area contributed by atoms with Crippen LogP contribution in [0.3, 0.4) is 0 Å². The molecular formula is C13H16ClNO2. The Kier molecular flexibility index (Phi) is 2.89. The quantitative estimate of drug-likeness (QED) is 0.835. The first kappa shape index (κ1) is 11.2. The Morgan fingerprint density at radius 3 is 2.71 bits per heavy atom. The molecular weight excluding hydrogens is 238 g/mol. The highest BCUT2D eigenvalue weighted by Crippen LogP contribution is 2.45. The lowest BCUT2D eigenvalue weighted by atomic mass is 9.87. The summed E-state index contributed by atoms with van der Waals surface area (Å²) in [5, 5.41) is 4.06. The van der Waals surface area contributed by atoms with Crippen molar-refractivity contribution in [2.24, 2.45) is 0 Å². The fraction of sp³-hybridized carbons (Fsp3) is 0.538. The predicted molar refractivity (Wildman–Crippen MR) is 67.2 cm³/mol. The maximum Gasteiger partial charge on any atom is 0.231 e. The molecule has 2 heterocycles. The molecule has 1 aromatic rings. The molecule has 0 amide bonds. The van der Waals surface area contributed by atoms with E-state index >= 15 is 0 Å². The summed E-state index contributed by atoms with van der Waals surface area (Å²) < 4.78 is 10.9. The van der Waals surface area contributed by atoms with Gasteiger partial charge in [0, 0.05) is 0 Å². The Balaban J connectivity index is 2.02. The SMILES string of the molecule is Cc1c(C2CCNCC2)cc(Cl)c2c1OCO2. The fourth-order valence-electron chi connectivity index (χ4n) is 2.73. The molecule has 0 spiro atoms. The summed E-state index contributed by atoms with van der Waals surface area (Å²) in [7, 11) is 0. The van der Waals surface area contributed by atoms with Crippen LogP contribution < -0.4 is 14.8 Å². The van der Waals surface area contributed by atoms with Gasteiger partial charge in [0.25, 0.3) is 0 Å². The van der Waals surface area contributed by atoms with Gasteiger partial charge in [0.2, 0.25) is 6.79 Å². The van der Waals surface area contributed by atoms with Gasteiger partial charge in [-0.05, 0) is 56.0 Å². The van der Waals surface area contributed by atoms with Gasteiger partial charge in [-0.15, -0.1) is 0 Å². The molecule has 0 radical (unpaired) electrons. The number of piperidine rings is 1. The zero-order valence-electron chi connectivity index (χ0n) is 9.88. The van der Waals surface area contributed by atoms with E-state index in [1.165, 1.54) is 11.1 Å². The summed E-state index contributed by atoms with van der Waals surface area (Å²) in [6, 6.07) is 2.06. The summed E-state index contributed by atoms with van der Waals surface area (Å²) in [4.78, 5) is 0. The summed E-state index contributed by atoms with van der Waals surface area (Å²) >= 11 is 6.25. The molecule has 0 aliphatic carbocycles. The second-order valence-electron chi connectivity index (χ2n) is 4.66. The molecule has 17 heavy (non-hydrogen) atoms. The maximum absolute atomic E-state index is 6.25. The lowest BCUT2D eigenvalue weighted by Crippen LogP contribution is -2.27. The van der Waals surface area contributed by atoms with Crippen molar-refractivity contribution < 1.29 is 9.47 Å². The van der Waals surface area contributed by atoms with Crippen LogP contribution >= 0.6 is 11.6 Å². The first-order chi connectivity index (χ1) is 8.27. The molecule has 1 saturated heterocycles. The Bertz CT molecular complexity index is 442. The Morgan fingerprint density at radius 2 is 1.94 bits per heavy atom. The number of hydrogen-bond acceptors (Lipinski definition) is 3. The molecule has 0 unspecified atom stereocenters. The first-order valence-electron chi connectivity index (χ1n) is 6.06. The second kappa shape index (κ2) is 4.39. The van der Waals surface area contributed by atoms with Crippen molar-refractivity contribution in [3.63, 3.8) is 0 Å². The van der Waals surface area contributed by atoms with E-state index in [1.807, 2.05) is 0 Å². The molecule has 3 nitrogen and oxygen atoms in total. The number of halogens is 1. The van der Waals surface area contributed by atoms with Crippen LogP contribution in [0.15, 0.2) is 6.07 Å². The standard InChI is InChI=1S/C13H16ClNO2/c1-8-10(9-2-4-15-5-3-9)6-11(14)13-12(8)16-7-17-13/h6,9,15H,2-5,7H2,1H3. The van der Waals surface area contributed by atoms with E-state index in [0.717, 1.165) is 31.7 Å². The largest absolute Gasteiger partial charge is 0.453 e. The van der Waals surface area contributed by atoms with Gasteiger partial charge >= 0.3 is 0 Å². The molecule has 2 aliphatic rings. The monoisotopic (exact) mass is 253 g/mol. The van der Waals surface area contributed by atoms with Crippen molar-refractivity contribution in [2.75, 3.05) is 19.9 Å². The van der Waals surface area contributed by atoms with Crippen LogP contribution in [0, 0.1) is 6.92 Å². The number of rotatable bonds is 1. The highest BCUT2D eigenvalue weighted by molar-refractivity contribution is 6.32. The van der Waals surface area contributed by atoms with Gasteiger partial charge in [0.05, 0.1) is 5.02 Å². The minimum atomic E-state index is 0.283. The smallest absolute Gasteiger partial charge is 0.231 e. The van der Waals surface area contributed by atoms with E-state index in [-0.39, 0.29) is 6.79 Å². The fourth-order valence-corrected chi connectivity index (χ4v) is 2.99. The number of hydrogen-bond donors (Lipinski definition) is 1. The van der Waals surface area contributed by atoms with Gasteiger partial charge in [-0.1, -0.05) is 11.6 Å². The molecule has 1 fully saturated rings. The normalized spacial score (nSPS) is 19.6. The topological polar surface area (TPSA) is 30.5 Å². The number of benzene rings is 1. The summed E-state index contributed by atoms with van der Waals surface area (Å²) in [5.41, 5.74) is 2.51. The highest BCUT2D eigenvalue weighted by atomic mass is 35.5. The average Bonchev–Trinajstić information content (AvgIpc) is 2.85. The molecule has 0 bridgehead atoms. The molecule has 2 aliphatic heterocycles. The zero-order chi connectivity index (χ0) is 11.8. The summed E-state index contributed by atoms with van der Waals surface area (Å²) in [5.74, 6) is 2.14. The predicted octanol–water partition coefficient (Wildman–Crippen LogP) is 2.84. The Labute approximate surface area is 106 Å². The van der Waals surface area contributed by atoms with E-state index in [4.69, 9.17) is 21.1 Å². The van der Waals surface area contributed by atoms with Crippen molar-refractivity contribution in [1.82, 2.24) is 5.32 Å².